The Balaban J connectivity index is 1.59. The molecule has 0 aliphatic carbocycles. The second-order valence-electron chi connectivity index (χ2n) is 6.16. The van der Waals surface area contributed by atoms with Gasteiger partial charge in [0.1, 0.15) is 0 Å². The minimum Gasteiger partial charge on any atom is -0.339 e. The monoisotopic (exact) mass is 358 g/mol. The molecule has 0 spiro atoms. The molecular formula is C20H22O2S2. The van der Waals surface area contributed by atoms with Crippen molar-refractivity contribution >= 4 is 23.5 Å². The molecule has 2 aliphatic heterocycles. The minimum absolute atomic E-state index is 0.147. The van der Waals surface area contributed by atoms with E-state index in [9.17, 15) is 0 Å². The highest BCUT2D eigenvalue weighted by atomic mass is 32.2. The smallest absolute Gasteiger partial charge is 0.222 e. The highest BCUT2D eigenvalue weighted by Crippen LogP contribution is 2.43. The molecule has 0 saturated carbocycles. The third-order valence-electron chi connectivity index (χ3n) is 4.46. The standard InChI is InChI=1S/C20H22O2S2/c1-3-8-16(9-4-1)20(17-10-5-2-6-11-17)21-15-18(22-20)14-19-23-12-7-13-24-19/h1-6,8-11,18-19H,7,12-15H2/t18-/m1/s1. The van der Waals surface area contributed by atoms with Gasteiger partial charge in [-0.15, -0.1) is 23.5 Å². The molecule has 2 saturated heterocycles. The summed E-state index contributed by atoms with van der Waals surface area (Å²) in [7, 11) is 0. The number of rotatable bonds is 4. The van der Waals surface area contributed by atoms with Gasteiger partial charge in [-0.05, 0) is 24.3 Å². The van der Waals surface area contributed by atoms with E-state index in [0.29, 0.717) is 11.2 Å². The van der Waals surface area contributed by atoms with E-state index in [0.717, 1.165) is 17.5 Å². The summed E-state index contributed by atoms with van der Waals surface area (Å²) in [5, 5.41) is 0. The zero-order valence-corrected chi connectivity index (χ0v) is 15.2. The molecule has 2 nitrogen and oxygen atoms in total. The quantitative estimate of drug-likeness (QED) is 0.774. The van der Waals surface area contributed by atoms with Crippen LogP contribution in [0.15, 0.2) is 60.7 Å². The second kappa shape index (κ2) is 7.52. The van der Waals surface area contributed by atoms with Crippen LogP contribution in [0.25, 0.3) is 0 Å². The molecule has 126 valence electrons. The maximum Gasteiger partial charge on any atom is 0.222 e. The zero-order valence-electron chi connectivity index (χ0n) is 13.6. The van der Waals surface area contributed by atoms with E-state index in [1.807, 2.05) is 36.4 Å². The van der Waals surface area contributed by atoms with Crippen LogP contribution >= 0.6 is 23.5 Å². The van der Waals surface area contributed by atoms with Crippen LogP contribution in [0.3, 0.4) is 0 Å². The van der Waals surface area contributed by atoms with Gasteiger partial charge in [-0.3, -0.25) is 0 Å². The fourth-order valence-corrected chi connectivity index (χ4v) is 6.30. The summed E-state index contributed by atoms with van der Waals surface area (Å²) in [4.78, 5) is 0. The first-order valence-corrected chi connectivity index (χ1v) is 10.6. The van der Waals surface area contributed by atoms with Gasteiger partial charge in [0.2, 0.25) is 5.79 Å². The molecule has 4 heteroatoms. The van der Waals surface area contributed by atoms with Crippen molar-refractivity contribution in [1.29, 1.82) is 0 Å². The normalized spacial score (nSPS) is 24.1. The van der Waals surface area contributed by atoms with Crippen molar-refractivity contribution in [3.05, 3.63) is 71.8 Å². The van der Waals surface area contributed by atoms with Crippen LogP contribution in [-0.4, -0.2) is 28.8 Å². The summed E-state index contributed by atoms with van der Waals surface area (Å²) < 4.78 is 13.5. The molecular weight excluding hydrogens is 336 g/mol. The van der Waals surface area contributed by atoms with Crippen molar-refractivity contribution in [2.45, 2.75) is 29.3 Å². The highest BCUT2D eigenvalue weighted by Gasteiger charge is 2.45. The van der Waals surface area contributed by atoms with E-state index in [1.54, 1.807) is 0 Å². The van der Waals surface area contributed by atoms with Gasteiger partial charge in [-0.1, -0.05) is 60.7 Å². The molecule has 2 heterocycles. The molecule has 0 bridgehead atoms. The first kappa shape index (κ1) is 16.5. The van der Waals surface area contributed by atoms with Crippen LogP contribution in [0.4, 0.5) is 0 Å². The first-order valence-electron chi connectivity index (χ1n) is 8.53. The summed E-state index contributed by atoms with van der Waals surface area (Å²) in [5.41, 5.74) is 2.14. The molecule has 4 rings (SSSR count). The number of thioether (sulfide) groups is 2. The molecule has 0 amide bonds. The summed E-state index contributed by atoms with van der Waals surface area (Å²) in [6.07, 6.45) is 2.52. The molecule has 2 aromatic rings. The zero-order chi connectivity index (χ0) is 16.2. The number of hydrogen-bond acceptors (Lipinski definition) is 4. The van der Waals surface area contributed by atoms with Gasteiger partial charge in [0, 0.05) is 11.1 Å². The molecule has 0 aromatic heterocycles. The molecule has 0 unspecified atom stereocenters. The van der Waals surface area contributed by atoms with Crippen LogP contribution < -0.4 is 0 Å². The lowest BCUT2D eigenvalue weighted by molar-refractivity contribution is -0.142. The highest BCUT2D eigenvalue weighted by molar-refractivity contribution is 8.17. The summed E-state index contributed by atoms with van der Waals surface area (Å²) in [6, 6.07) is 20.6. The van der Waals surface area contributed by atoms with Gasteiger partial charge in [0.05, 0.1) is 17.3 Å². The van der Waals surface area contributed by atoms with Crippen LogP contribution in [0.5, 0.6) is 0 Å². The van der Waals surface area contributed by atoms with Crippen molar-refractivity contribution in [1.82, 2.24) is 0 Å². The maximum absolute atomic E-state index is 6.58. The Kier molecular flexibility index (Phi) is 5.18. The lowest BCUT2D eigenvalue weighted by Crippen LogP contribution is -2.30. The molecule has 2 aromatic carbocycles. The fraction of sp³-hybridized carbons (Fsp3) is 0.400. The van der Waals surface area contributed by atoms with E-state index in [-0.39, 0.29) is 6.10 Å². The third kappa shape index (κ3) is 3.38. The van der Waals surface area contributed by atoms with Gasteiger partial charge in [-0.25, -0.2) is 0 Å². The molecule has 0 radical (unpaired) electrons. The van der Waals surface area contributed by atoms with Gasteiger partial charge in [0.15, 0.2) is 0 Å². The largest absolute Gasteiger partial charge is 0.339 e. The Morgan fingerprint density at radius 1 is 0.875 bits per heavy atom. The van der Waals surface area contributed by atoms with Crippen molar-refractivity contribution in [2.24, 2.45) is 0 Å². The summed E-state index contributed by atoms with van der Waals surface area (Å²) in [6.45, 7) is 0.654. The van der Waals surface area contributed by atoms with E-state index >= 15 is 0 Å². The Bertz CT molecular complexity index is 602. The first-order chi connectivity index (χ1) is 11.9. The number of benzene rings is 2. The Labute approximate surface area is 152 Å². The average molecular weight is 359 g/mol. The van der Waals surface area contributed by atoms with Gasteiger partial charge in [0.25, 0.3) is 0 Å². The molecule has 24 heavy (non-hydrogen) atoms. The van der Waals surface area contributed by atoms with Gasteiger partial charge >= 0.3 is 0 Å². The fourth-order valence-electron chi connectivity index (χ4n) is 3.30. The third-order valence-corrected chi connectivity index (χ3v) is 7.46. The van der Waals surface area contributed by atoms with E-state index in [2.05, 4.69) is 47.8 Å². The Hall–Kier alpha value is -0.940. The predicted molar refractivity (Wildman–Crippen MR) is 102 cm³/mol. The summed E-state index contributed by atoms with van der Waals surface area (Å²) >= 11 is 4.14. The van der Waals surface area contributed by atoms with E-state index < -0.39 is 5.79 Å². The van der Waals surface area contributed by atoms with Gasteiger partial charge in [-0.2, -0.15) is 0 Å². The molecule has 0 N–H and O–H groups in total. The topological polar surface area (TPSA) is 18.5 Å². The number of hydrogen-bond donors (Lipinski definition) is 0. The second-order valence-corrected chi connectivity index (χ2v) is 9.08. The molecule has 2 aliphatic rings. The minimum atomic E-state index is -0.767. The SMILES string of the molecule is c1ccc(C2(c3ccccc3)OC[C@@H](CC3SCCCS3)O2)cc1. The molecule has 1 atom stereocenters. The van der Waals surface area contributed by atoms with Crippen LogP contribution in [-0.2, 0) is 15.3 Å². The lowest BCUT2D eigenvalue weighted by atomic mass is 9.97. The summed E-state index contributed by atoms with van der Waals surface area (Å²) in [5.74, 6) is 1.78. The predicted octanol–water partition coefficient (Wildman–Crippen LogP) is 4.89. The lowest BCUT2D eigenvalue weighted by Gasteiger charge is -2.30. The van der Waals surface area contributed by atoms with Crippen molar-refractivity contribution in [3.8, 4) is 0 Å². The average Bonchev–Trinajstić information content (AvgIpc) is 3.09. The van der Waals surface area contributed by atoms with Crippen molar-refractivity contribution in [3.63, 3.8) is 0 Å². The number of ether oxygens (including phenoxy) is 2. The van der Waals surface area contributed by atoms with Crippen LogP contribution in [0.2, 0.25) is 0 Å². The van der Waals surface area contributed by atoms with E-state index in [4.69, 9.17) is 9.47 Å². The Morgan fingerprint density at radius 2 is 1.46 bits per heavy atom. The van der Waals surface area contributed by atoms with Crippen LogP contribution in [0.1, 0.15) is 24.0 Å². The van der Waals surface area contributed by atoms with Crippen molar-refractivity contribution in [2.75, 3.05) is 18.1 Å². The Morgan fingerprint density at radius 3 is 2.04 bits per heavy atom. The van der Waals surface area contributed by atoms with Gasteiger partial charge < -0.3 is 9.47 Å². The van der Waals surface area contributed by atoms with Crippen LogP contribution in [0, 0.1) is 0 Å². The van der Waals surface area contributed by atoms with E-state index in [1.165, 1.54) is 17.9 Å². The molecule has 2 fully saturated rings. The van der Waals surface area contributed by atoms with Crippen molar-refractivity contribution < 1.29 is 9.47 Å². The maximum atomic E-state index is 6.58.